The molecular weight excluding hydrogens is 253 g/mol. The lowest BCUT2D eigenvalue weighted by Gasteiger charge is -2.06. The maximum atomic E-state index is 10.7. The number of benzene rings is 1. The van der Waals surface area contributed by atoms with Crippen LogP contribution in [0.15, 0.2) is 24.5 Å². The molecule has 2 aromatic rings. The summed E-state index contributed by atoms with van der Waals surface area (Å²) in [6.45, 7) is 0. The molecule has 0 unspecified atom stereocenters. The van der Waals surface area contributed by atoms with Crippen LogP contribution in [0.25, 0.3) is 11.0 Å². The quantitative estimate of drug-likeness (QED) is 0.465. The molecule has 1 heterocycles. The van der Waals surface area contributed by atoms with Crippen LogP contribution in [0.2, 0.25) is 0 Å². The Hall–Kier alpha value is -1.96. The fourth-order valence-corrected chi connectivity index (χ4v) is 1.63. The van der Waals surface area contributed by atoms with Gasteiger partial charge in [0.05, 0.1) is 10.4 Å². The molecule has 0 spiro atoms. The van der Waals surface area contributed by atoms with E-state index in [9.17, 15) is 14.7 Å². The van der Waals surface area contributed by atoms with Crippen LogP contribution in [-0.2, 0) is 4.57 Å². The monoisotopic (exact) mass is 259 g/mol. The number of nitro benzene ring substituents is 1. The SMILES string of the molecule is O=[N+]([O-])c1ccc2ncn(OP(=O)(O)O)c2c1. The fourth-order valence-electron chi connectivity index (χ4n) is 1.27. The van der Waals surface area contributed by atoms with E-state index in [1.165, 1.54) is 12.1 Å². The molecule has 0 saturated carbocycles. The maximum absolute atomic E-state index is 10.7. The zero-order chi connectivity index (χ0) is 12.6. The smallest absolute Gasteiger partial charge is 0.310 e. The topological polar surface area (TPSA) is 128 Å². The first-order chi connectivity index (χ1) is 7.87. The van der Waals surface area contributed by atoms with Crippen LogP contribution in [0, 0.1) is 10.1 Å². The van der Waals surface area contributed by atoms with Gasteiger partial charge in [-0.3, -0.25) is 19.9 Å². The molecule has 0 aliphatic heterocycles. The summed E-state index contributed by atoms with van der Waals surface area (Å²) in [6.07, 6.45) is 1.02. The van der Waals surface area contributed by atoms with Crippen molar-refractivity contribution in [2.24, 2.45) is 0 Å². The molecule has 2 N–H and O–H groups in total. The summed E-state index contributed by atoms with van der Waals surface area (Å²) in [5.74, 6) is 0. The molecule has 0 bridgehead atoms. The largest absolute Gasteiger partial charge is 0.543 e. The van der Waals surface area contributed by atoms with Gasteiger partial charge < -0.3 is 4.62 Å². The highest BCUT2D eigenvalue weighted by molar-refractivity contribution is 7.46. The van der Waals surface area contributed by atoms with Crippen molar-refractivity contribution in [1.82, 2.24) is 9.71 Å². The molecule has 2 rings (SSSR count). The predicted molar refractivity (Wildman–Crippen MR) is 55.0 cm³/mol. The minimum atomic E-state index is -4.74. The van der Waals surface area contributed by atoms with Gasteiger partial charge in [0, 0.05) is 12.1 Å². The van der Waals surface area contributed by atoms with Gasteiger partial charge in [-0.15, -0.1) is 0 Å². The van der Waals surface area contributed by atoms with Crippen molar-refractivity contribution in [3.63, 3.8) is 0 Å². The van der Waals surface area contributed by atoms with Crippen LogP contribution >= 0.6 is 7.82 Å². The molecule has 90 valence electrons. The number of phosphoric acid groups is 1. The second-order valence-corrected chi connectivity index (χ2v) is 4.22. The summed E-state index contributed by atoms with van der Waals surface area (Å²) in [5.41, 5.74) is 0.195. The first kappa shape index (κ1) is 11.5. The van der Waals surface area contributed by atoms with Gasteiger partial charge in [-0.1, -0.05) is 0 Å². The molecule has 0 radical (unpaired) electrons. The van der Waals surface area contributed by atoms with Crippen molar-refractivity contribution in [3.8, 4) is 0 Å². The van der Waals surface area contributed by atoms with Gasteiger partial charge in [-0.2, -0.15) is 4.73 Å². The first-order valence-corrected chi connectivity index (χ1v) is 5.77. The number of imidazole rings is 1. The van der Waals surface area contributed by atoms with Crippen molar-refractivity contribution >= 4 is 24.5 Å². The second kappa shape index (κ2) is 3.81. The molecule has 0 amide bonds. The maximum Gasteiger partial charge on any atom is 0.543 e. The van der Waals surface area contributed by atoms with E-state index in [2.05, 4.69) is 9.61 Å². The van der Waals surface area contributed by atoms with E-state index in [4.69, 9.17) is 9.79 Å². The predicted octanol–water partition coefficient (Wildman–Crippen LogP) is 0.466. The van der Waals surface area contributed by atoms with Crippen LogP contribution in [-0.4, -0.2) is 24.4 Å². The number of nitro groups is 1. The average Bonchev–Trinajstić information content (AvgIpc) is 2.58. The molecule has 17 heavy (non-hydrogen) atoms. The number of nitrogens with zero attached hydrogens (tertiary/aromatic N) is 3. The highest BCUT2D eigenvalue weighted by atomic mass is 31.2. The van der Waals surface area contributed by atoms with Gasteiger partial charge in [0.1, 0.15) is 11.8 Å². The van der Waals surface area contributed by atoms with Crippen LogP contribution in [0.5, 0.6) is 0 Å². The zero-order valence-corrected chi connectivity index (χ0v) is 9.02. The average molecular weight is 259 g/mol. The second-order valence-electron chi connectivity index (χ2n) is 3.07. The molecule has 1 aromatic heterocycles. The Kier molecular flexibility index (Phi) is 2.58. The van der Waals surface area contributed by atoms with Crippen LogP contribution in [0.1, 0.15) is 0 Å². The lowest BCUT2D eigenvalue weighted by molar-refractivity contribution is -0.384. The summed E-state index contributed by atoms with van der Waals surface area (Å²) in [5, 5.41) is 10.5. The molecule has 9 nitrogen and oxygen atoms in total. The molecule has 0 saturated heterocycles. The van der Waals surface area contributed by atoms with E-state index in [0.717, 1.165) is 12.4 Å². The summed E-state index contributed by atoms with van der Waals surface area (Å²) < 4.78 is 15.6. The summed E-state index contributed by atoms with van der Waals surface area (Å²) >= 11 is 0. The van der Waals surface area contributed by atoms with E-state index < -0.39 is 12.7 Å². The Balaban J connectivity index is 2.54. The number of rotatable bonds is 3. The summed E-state index contributed by atoms with van der Waals surface area (Å²) in [6, 6.07) is 3.70. The Morgan fingerprint density at radius 3 is 2.76 bits per heavy atom. The third-order valence-electron chi connectivity index (χ3n) is 1.90. The number of fused-ring (bicyclic) bond motifs is 1. The normalized spacial score (nSPS) is 11.6. The standard InChI is InChI=1S/C7H6N3O6P/c11-10(12)5-1-2-6-7(3-5)9(4-8-6)16-17(13,14)15/h1-4H,(H2,13,14,15). The molecule has 0 atom stereocenters. The highest BCUT2D eigenvalue weighted by Gasteiger charge is 2.19. The third kappa shape index (κ3) is 2.41. The molecule has 0 aliphatic carbocycles. The molecule has 0 fully saturated rings. The van der Waals surface area contributed by atoms with E-state index in [-0.39, 0.29) is 11.2 Å². The molecular formula is C7H6N3O6P. The number of hydrogen-bond donors (Lipinski definition) is 2. The van der Waals surface area contributed by atoms with Crippen molar-refractivity contribution in [1.29, 1.82) is 0 Å². The fraction of sp³-hybridized carbons (Fsp3) is 0. The van der Waals surface area contributed by atoms with E-state index in [1.54, 1.807) is 0 Å². The Labute approximate surface area is 93.6 Å². The van der Waals surface area contributed by atoms with E-state index in [0.29, 0.717) is 10.2 Å². The minimum Gasteiger partial charge on any atom is -0.310 e. The number of hydrogen-bond acceptors (Lipinski definition) is 5. The summed E-state index contributed by atoms with van der Waals surface area (Å²) in [7, 11) is -4.74. The molecule has 10 heteroatoms. The van der Waals surface area contributed by atoms with Gasteiger partial charge in [-0.05, 0) is 6.07 Å². The van der Waals surface area contributed by atoms with Gasteiger partial charge in [0.2, 0.25) is 0 Å². The lowest BCUT2D eigenvalue weighted by Crippen LogP contribution is -2.06. The van der Waals surface area contributed by atoms with Crippen molar-refractivity contribution < 1.29 is 23.9 Å². The summed E-state index contributed by atoms with van der Waals surface area (Å²) in [4.78, 5) is 31.0. The number of aromatic nitrogens is 2. The van der Waals surface area contributed by atoms with Crippen LogP contribution in [0.4, 0.5) is 5.69 Å². The highest BCUT2D eigenvalue weighted by Crippen LogP contribution is 2.32. The van der Waals surface area contributed by atoms with Gasteiger partial charge >= 0.3 is 7.82 Å². The van der Waals surface area contributed by atoms with Crippen molar-refractivity contribution in [2.75, 3.05) is 0 Å². The van der Waals surface area contributed by atoms with E-state index in [1.807, 2.05) is 0 Å². The first-order valence-electron chi connectivity index (χ1n) is 4.24. The Bertz CT molecular complexity index is 632. The van der Waals surface area contributed by atoms with Gasteiger partial charge in [0.15, 0.2) is 0 Å². The third-order valence-corrected chi connectivity index (χ3v) is 2.29. The Morgan fingerprint density at radius 2 is 2.18 bits per heavy atom. The van der Waals surface area contributed by atoms with Crippen molar-refractivity contribution in [3.05, 3.63) is 34.6 Å². The molecule has 0 aliphatic rings. The lowest BCUT2D eigenvalue weighted by atomic mass is 10.3. The van der Waals surface area contributed by atoms with Crippen LogP contribution < -0.4 is 4.62 Å². The van der Waals surface area contributed by atoms with E-state index >= 15 is 0 Å². The number of non-ortho nitro benzene ring substituents is 1. The van der Waals surface area contributed by atoms with Crippen LogP contribution in [0.3, 0.4) is 0 Å². The van der Waals surface area contributed by atoms with Crippen molar-refractivity contribution in [2.45, 2.75) is 0 Å². The molecule has 1 aromatic carbocycles. The zero-order valence-electron chi connectivity index (χ0n) is 8.13. The van der Waals surface area contributed by atoms with Gasteiger partial charge in [-0.25, -0.2) is 9.55 Å². The van der Waals surface area contributed by atoms with Gasteiger partial charge in [0.25, 0.3) is 5.69 Å². The Morgan fingerprint density at radius 1 is 1.47 bits per heavy atom. The minimum absolute atomic E-state index is 0.0996.